The predicted molar refractivity (Wildman–Crippen MR) is 68.5 cm³/mol. The maximum Gasteiger partial charge on any atom is 0.122 e. The quantitative estimate of drug-likeness (QED) is 0.828. The van der Waals surface area contributed by atoms with Gasteiger partial charge < -0.3 is 10.2 Å². The van der Waals surface area contributed by atoms with E-state index < -0.39 is 0 Å². The van der Waals surface area contributed by atoms with Gasteiger partial charge in [0.25, 0.3) is 0 Å². The van der Waals surface area contributed by atoms with E-state index in [9.17, 15) is 10.2 Å². The first kappa shape index (κ1) is 11.5. The summed E-state index contributed by atoms with van der Waals surface area (Å²) in [5.74, 6) is 0.636. The predicted octanol–water partition coefficient (Wildman–Crippen LogP) is 3.31. The topological polar surface area (TPSA) is 40.5 Å². The number of aryl methyl sites for hydroxylation is 2. The largest absolute Gasteiger partial charge is 0.508 e. The van der Waals surface area contributed by atoms with Crippen LogP contribution in [-0.2, 0) is 6.42 Å². The first-order valence-electron chi connectivity index (χ1n) is 5.64. The Kier molecular flexibility index (Phi) is 3.05. The Morgan fingerprint density at radius 3 is 2.06 bits per heavy atom. The van der Waals surface area contributed by atoms with Crippen LogP contribution in [0.5, 0.6) is 11.5 Å². The molecule has 2 rings (SSSR count). The molecule has 2 nitrogen and oxygen atoms in total. The van der Waals surface area contributed by atoms with Gasteiger partial charge in [0, 0.05) is 12.0 Å². The zero-order valence-corrected chi connectivity index (χ0v) is 10.1. The zero-order chi connectivity index (χ0) is 12.4. The molecule has 0 heterocycles. The zero-order valence-electron chi connectivity index (χ0n) is 10.1. The van der Waals surface area contributed by atoms with E-state index in [1.165, 1.54) is 0 Å². The summed E-state index contributed by atoms with van der Waals surface area (Å²) < 4.78 is 0. The number of rotatable bonds is 2. The molecule has 0 spiro atoms. The SMILES string of the molecule is Cc1ccc(C)c(Cc2ccc(O)cc2)c1O. The maximum atomic E-state index is 10.0. The minimum atomic E-state index is 0.263. The highest BCUT2D eigenvalue weighted by atomic mass is 16.3. The molecule has 17 heavy (non-hydrogen) atoms. The van der Waals surface area contributed by atoms with Crippen LogP contribution in [0.15, 0.2) is 36.4 Å². The van der Waals surface area contributed by atoms with Crippen molar-refractivity contribution in [2.75, 3.05) is 0 Å². The van der Waals surface area contributed by atoms with E-state index in [4.69, 9.17) is 0 Å². The lowest BCUT2D eigenvalue weighted by molar-refractivity contribution is 0.464. The van der Waals surface area contributed by atoms with Crippen molar-refractivity contribution < 1.29 is 10.2 Å². The summed E-state index contributed by atoms with van der Waals surface area (Å²) in [4.78, 5) is 0. The molecule has 0 aliphatic rings. The van der Waals surface area contributed by atoms with Crippen molar-refractivity contribution in [1.82, 2.24) is 0 Å². The third-order valence-corrected chi connectivity index (χ3v) is 3.04. The molecule has 0 atom stereocenters. The van der Waals surface area contributed by atoms with E-state index in [2.05, 4.69) is 0 Å². The lowest BCUT2D eigenvalue weighted by Crippen LogP contribution is -1.94. The first-order chi connectivity index (χ1) is 8.08. The number of benzene rings is 2. The van der Waals surface area contributed by atoms with Crippen LogP contribution < -0.4 is 0 Å². The van der Waals surface area contributed by atoms with Crippen LogP contribution in [-0.4, -0.2) is 10.2 Å². The average Bonchev–Trinajstić information content (AvgIpc) is 2.32. The van der Waals surface area contributed by atoms with Crippen molar-refractivity contribution in [3.63, 3.8) is 0 Å². The molecular formula is C15H16O2. The van der Waals surface area contributed by atoms with Crippen LogP contribution in [0, 0.1) is 13.8 Å². The molecule has 0 bridgehead atoms. The molecule has 0 saturated carbocycles. The van der Waals surface area contributed by atoms with Crippen molar-refractivity contribution in [3.05, 3.63) is 58.7 Å². The van der Waals surface area contributed by atoms with Crippen molar-refractivity contribution >= 4 is 0 Å². The van der Waals surface area contributed by atoms with Gasteiger partial charge in [0.05, 0.1) is 0 Å². The summed E-state index contributed by atoms with van der Waals surface area (Å²) in [5, 5.41) is 19.3. The molecule has 2 heteroatoms. The Morgan fingerprint density at radius 2 is 1.41 bits per heavy atom. The van der Waals surface area contributed by atoms with Gasteiger partial charge in [-0.05, 0) is 42.7 Å². The highest BCUT2D eigenvalue weighted by molar-refractivity contribution is 5.47. The van der Waals surface area contributed by atoms with Gasteiger partial charge in [0.2, 0.25) is 0 Å². The van der Waals surface area contributed by atoms with Crippen LogP contribution in [0.2, 0.25) is 0 Å². The molecule has 88 valence electrons. The molecule has 2 aromatic rings. The summed E-state index contributed by atoms with van der Waals surface area (Å²) in [6, 6.07) is 11.0. The Morgan fingerprint density at radius 1 is 0.824 bits per heavy atom. The van der Waals surface area contributed by atoms with Crippen molar-refractivity contribution in [1.29, 1.82) is 0 Å². The molecule has 2 aromatic carbocycles. The van der Waals surface area contributed by atoms with Crippen molar-refractivity contribution in [3.8, 4) is 11.5 Å². The maximum absolute atomic E-state index is 10.0. The number of aromatic hydroxyl groups is 2. The number of hydrogen-bond donors (Lipinski definition) is 2. The minimum absolute atomic E-state index is 0.263. The normalized spacial score (nSPS) is 10.5. The number of hydrogen-bond acceptors (Lipinski definition) is 2. The van der Waals surface area contributed by atoms with Gasteiger partial charge in [-0.25, -0.2) is 0 Å². The summed E-state index contributed by atoms with van der Waals surface area (Å²) in [7, 11) is 0. The van der Waals surface area contributed by atoms with Gasteiger partial charge in [-0.3, -0.25) is 0 Å². The van der Waals surface area contributed by atoms with Crippen LogP contribution in [0.1, 0.15) is 22.3 Å². The lowest BCUT2D eigenvalue weighted by Gasteiger charge is -2.11. The van der Waals surface area contributed by atoms with Crippen LogP contribution in [0.3, 0.4) is 0 Å². The number of phenolic OH excluding ortho intramolecular Hbond substituents is 2. The summed E-state index contributed by atoms with van der Waals surface area (Å²) >= 11 is 0. The second-order valence-corrected chi connectivity index (χ2v) is 4.37. The Labute approximate surface area is 101 Å². The van der Waals surface area contributed by atoms with Crippen LogP contribution >= 0.6 is 0 Å². The van der Waals surface area contributed by atoms with Gasteiger partial charge in [-0.15, -0.1) is 0 Å². The standard InChI is InChI=1S/C15H16O2/c1-10-3-4-11(2)15(17)14(10)9-12-5-7-13(16)8-6-12/h3-8,16-17H,9H2,1-2H3. The lowest BCUT2D eigenvalue weighted by atomic mass is 9.97. The highest BCUT2D eigenvalue weighted by Crippen LogP contribution is 2.27. The van der Waals surface area contributed by atoms with Crippen molar-refractivity contribution in [2.24, 2.45) is 0 Å². The second kappa shape index (κ2) is 4.50. The molecule has 0 aliphatic heterocycles. The van der Waals surface area contributed by atoms with E-state index in [0.29, 0.717) is 12.2 Å². The van der Waals surface area contributed by atoms with E-state index >= 15 is 0 Å². The van der Waals surface area contributed by atoms with Crippen LogP contribution in [0.25, 0.3) is 0 Å². The van der Waals surface area contributed by atoms with E-state index in [-0.39, 0.29) is 5.75 Å². The minimum Gasteiger partial charge on any atom is -0.508 e. The Bertz CT molecular complexity index is 527. The first-order valence-corrected chi connectivity index (χ1v) is 5.64. The van der Waals surface area contributed by atoms with E-state index in [1.807, 2.05) is 38.1 Å². The third-order valence-electron chi connectivity index (χ3n) is 3.04. The average molecular weight is 228 g/mol. The monoisotopic (exact) mass is 228 g/mol. The van der Waals surface area contributed by atoms with Gasteiger partial charge in [0.15, 0.2) is 0 Å². The molecule has 0 aromatic heterocycles. The second-order valence-electron chi connectivity index (χ2n) is 4.37. The number of phenols is 2. The fraction of sp³-hybridized carbons (Fsp3) is 0.200. The molecule has 0 aliphatic carbocycles. The van der Waals surface area contributed by atoms with Crippen LogP contribution in [0.4, 0.5) is 0 Å². The fourth-order valence-corrected chi connectivity index (χ4v) is 1.90. The fourth-order valence-electron chi connectivity index (χ4n) is 1.90. The highest BCUT2D eigenvalue weighted by Gasteiger charge is 2.08. The van der Waals surface area contributed by atoms with Gasteiger partial charge in [-0.2, -0.15) is 0 Å². The third kappa shape index (κ3) is 2.41. The van der Waals surface area contributed by atoms with Crippen molar-refractivity contribution in [2.45, 2.75) is 20.3 Å². The molecule has 2 N–H and O–H groups in total. The van der Waals surface area contributed by atoms with Gasteiger partial charge >= 0.3 is 0 Å². The van der Waals surface area contributed by atoms with Gasteiger partial charge in [0.1, 0.15) is 11.5 Å². The van der Waals surface area contributed by atoms with Gasteiger partial charge in [-0.1, -0.05) is 24.3 Å². The summed E-state index contributed by atoms with van der Waals surface area (Å²) in [6.07, 6.45) is 0.680. The molecule has 0 radical (unpaired) electrons. The summed E-state index contributed by atoms with van der Waals surface area (Å²) in [6.45, 7) is 3.89. The van der Waals surface area contributed by atoms with E-state index in [0.717, 1.165) is 22.3 Å². The van der Waals surface area contributed by atoms with E-state index in [1.54, 1.807) is 12.1 Å². The molecule has 0 unspecified atom stereocenters. The molecular weight excluding hydrogens is 212 g/mol. The Balaban J connectivity index is 2.36. The Hall–Kier alpha value is -1.96. The molecule has 0 fully saturated rings. The molecule has 0 amide bonds. The summed E-state index contributed by atoms with van der Waals surface area (Å²) in [5.41, 5.74) is 4.01. The molecule has 0 saturated heterocycles. The smallest absolute Gasteiger partial charge is 0.122 e.